The standard InChI is InChI=1S/C20H23Cl2N3O3/c1-27-18-4-3-13(7-19(18)28-2)11-25-6-5-24(12-17(25)20(23)26)16-9-14(21)8-15(22)10-16/h3-4,7-10,17H,5-6,11-12H2,1-2H3,(H2,23,26). The van der Waals surface area contributed by atoms with Crippen molar-refractivity contribution >= 4 is 34.8 Å². The maximum atomic E-state index is 12.1. The van der Waals surface area contributed by atoms with E-state index in [4.69, 9.17) is 38.4 Å². The van der Waals surface area contributed by atoms with Crippen LogP contribution in [0.5, 0.6) is 11.5 Å². The average Bonchev–Trinajstić information content (AvgIpc) is 2.67. The fraction of sp³-hybridized carbons (Fsp3) is 0.350. The van der Waals surface area contributed by atoms with Crippen molar-refractivity contribution in [3.05, 3.63) is 52.0 Å². The number of piperazine rings is 1. The van der Waals surface area contributed by atoms with Gasteiger partial charge in [0.25, 0.3) is 0 Å². The van der Waals surface area contributed by atoms with Gasteiger partial charge in [0.2, 0.25) is 5.91 Å². The number of benzene rings is 2. The van der Waals surface area contributed by atoms with Gasteiger partial charge in [-0.2, -0.15) is 0 Å². The smallest absolute Gasteiger partial charge is 0.236 e. The summed E-state index contributed by atoms with van der Waals surface area (Å²) in [7, 11) is 3.20. The van der Waals surface area contributed by atoms with Gasteiger partial charge in [0.15, 0.2) is 11.5 Å². The summed E-state index contributed by atoms with van der Waals surface area (Å²) in [4.78, 5) is 16.3. The number of carbonyl (C=O) groups is 1. The van der Waals surface area contributed by atoms with E-state index in [1.54, 1.807) is 20.3 Å². The summed E-state index contributed by atoms with van der Waals surface area (Å²) in [6.45, 7) is 2.46. The number of nitrogens with zero attached hydrogens (tertiary/aromatic N) is 2. The Morgan fingerprint density at radius 1 is 1.07 bits per heavy atom. The fourth-order valence-corrected chi connectivity index (χ4v) is 3.96. The van der Waals surface area contributed by atoms with E-state index < -0.39 is 6.04 Å². The van der Waals surface area contributed by atoms with Gasteiger partial charge in [-0.1, -0.05) is 29.3 Å². The molecule has 1 heterocycles. The molecule has 1 unspecified atom stereocenters. The Kier molecular flexibility index (Phi) is 6.54. The number of nitrogens with two attached hydrogens (primary N) is 1. The molecule has 1 aliphatic heterocycles. The van der Waals surface area contributed by atoms with Gasteiger partial charge in [0.1, 0.15) is 6.04 Å². The van der Waals surface area contributed by atoms with Crippen molar-refractivity contribution in [2.24, 2.45) is 5.73 Å². The number of halogens is 2. The molecule has 1 atom stereocenters. The first-order valence-electron chi connectivity index (χ1n) is 8.86. The molecule has 0 saturated carbocycles. The number of ether oxygens (including phenoxy) is 2. The molecule has 8 heteroatoms. The van der Waals surface area contributed by atoms with Gasteiger partial charge in [0, 0.05) is 41.9 Å². The first-order valence-corrected chi connectivity index (χ1v) is 9.62. The van der Waals surface area contributed by atoms with Gasteiger partial charge in [-0.3, -0.25) is 9.69 Å². The van der Waals surface area contributed by atoms with Crippen molar-refractivity contribution in [1.29, 1.82) is 0 Å². The minimum atomic E-state index is -0.431. The third kappa shape index (κ3) is 4.63. The Morgan fingerprint density at radius 3 is 2.36 bits per heavy atom. The minimum absolute atomic E-state index is 0.363. The van der Waals surface area contributed by atoms with Gasteiger partial charge in [-0.15, -0.1) is 0 Å². The van der Waals surface area contributed by atoms with Crippen LogP contribution in [0.4, 0.5) is 5.69 Å². The number of anilines is 1. The highest BCUT2D eigenvalue weighted by Gasteiger charge is 2.31. The number of rotatable bonds is 6. The Morgan fingerprint density at radius 2 is 1.75 bits per heavy atom. The number of amides is 1. The highest BCUT2D eigenvalue weighted by Crippen LogP contribution is 2.30. The lowest BCUT2D eigenvalue weighted by molar-refractivity contribution is -0.123. The molecule has 1 aliphatic rings. The number of methoxy groups -OCH3 is 2. The molecule has 0 aliphatic carbocycles. The molecule has 0 aromatic heterocycles. The second kappa shape index (κ2) is 8.90. The molecule has 28 heavy (non-hydrogen) atoms. The highest BCUT2D eigenvalue weighted by atomic mass is 35.5. The molecule has 2 aromatic rings. The lowest BCUT2D eigenvalue weighted by atomic mass is 10.1. The molecule has 2 N–H and O–H groups in total. The van der Waals surface area contributed by atoms with Crippen molar-refractivity contribution < 1.29 is 14.3 Å². The van der Waals surface area contributed by atoms with Crippen LogP contribution < -0.4 is 20.1 Å². The zero-order valence-corrected chi connectivity index (χ0v) is 17.3. The third-order valence-corrected chi connectivity index (χ3v) is 5.30. The van der Waals surface area contributed by atoms with Crippen molar-refractivity contribution in [1.82, 2.24) is 4.90 Å². The third-order valence-electron chi connectivity index (χ3n) is 4.87. The van der Waals surface area contributed by atoms with E-state index in [1.807, 2.05) is 30.3 Å². The quantitative estimate of drug-likeness (QED) is 0.772. The van der Waals surface area contributed by atoms with Crippen LogP contribution in [0.1, 0.15) is 5.56 Å². The average molecular weight is 424 g/mol. The minimum Gasteiger partial charge on any atom is -0.493 e. The monoisotopic (exact) mass is 423 g/mol. The van der Waals surface area contributed by atoms with Crippen molar-refractivity contribution in [2.75, 3.05) is 38.8 Å². The lowest BCUT2D eigenvalue weighted by Gasteiger charge is -2.41. The summed E-state index contributed by atoms with van der Waals surface area (Å²) in [6.07, 6.45) is 0. The van der Waals surface area contributed by atoms with E-state index in [2.05, 4.69) is 9.80 Å². The van der Waals surface area contributed by atoms with Crippen molar-refractivity contribution in [3.63, 3.8) is 0 Å². The Hall–Kier alpha value is -2.15. The van der Waals surface area contributed by atoms with E-state index in [0.717, 1.165) is 17.8 Å². The van der Waals surface area contributed by atoms with Crippen LogP contribution in [-0.4, -0.2) is 50.7 Å². The van der Waals surface area contributed by atoms with Gasteiger partial charge in [0.05, 0.1) is 14.2 Å². The summed E-state index contributed by atoms with van der Waals surface area (Å²) < 4.78 is 10.7. The van der Waals surface area contributed by atoms with E-state index in [0.29, 0.717) is 41.2 Å². The van der Waals surface area contributed by atoms with Crippen molar-refractivity contribution in [3.8, 4) is 11.5 Å². The summed E-state index contributed by atoms with van der Waals surface area (Å²) in [6, 6.07) is 10.7. The van der Waals surface area contributed by atoms with E-state index >= 15 is 0 Å². The highest BCUT2D eigenvalue weighted by molar-refractivity contribution is 6.35. The Bertz CT molecular complexity index is 842. The molecule has 1 saturated heterocycles. The van der Waals surface area contributed by atoms with Crippen LogP contribution in [0.25, 0.3) is 0 Å². The maximum Gasteiger partial charge on any atom is 0.236 e. The van der Waals surface area contributed by atoms with Gasteiger partial charge < -0.3 is 20.1 Å². The molecule has 0 spiro atoms. The van der Waals surface area contributed by atoms with Crippen LogP contribution in [0, 0.1) is 0 Å². The normalized spacial score (nSPS) is 17.4. The van der Waals surface area contributed by atoms with Crippen LogP contribution in [0.3, 0.4) is 0 Å². The van der Waals surface area contributed by atoms with Crippen molar-refractivity contribution in [2.45, 2.75) is 12.6 Å². The van der Waals surface area contributed by atoms with E-state index in [1.165, 1.54) is 0 Å². The molecule has 6 nitrogen and oxygen atoms in total. The summed E-state index contributed by atoms with van der Waals surface area (Å²) >= 11 is 12.2. The van der Waals surface area contributed by atoms with Gasteiger partial charge in [-0.05, 0) is 35.9 Å². The first-order chi connectivity index (χ1) is 13.4. The predicted molar refractivity (Wildman–Crippen MR) is 112 cm³/mol. The zero-order chi connectivity index (χ0) is 20.3. The lowest BCUT2D eigenvalue weighted by Crippen LogP contribution is -2.57. The molecule has 1 amide bonds. The molecule has 3 rings (SSSR count). The number of hydrogen-bond acceptors (Lipinski definition) is 5. The van der Waals surface area contributed by atoms with E-state index in [9.17, 15) is 4.79 Å². The Balaban J connectivity index is 1.77. The summed E-state index contributed by atoms with van der Waals surface area (Å²) in [5, 5.41) is 1.12. The number of primary amides is 1. The van der Waals surface area contributed by atoms with E-state index in [-0.39, 0.29) is 5.91 Å². The number of carbonyl (C=O) groups excluding carboxylic acids is 1. The molecule has 0 radical (unpaired) electrons. The molecule has 0 bridgehead atoms. The van der Waals surface area contributed by atoms with Gasteiger partial charge in [-0.25, -0.2) is 0 Å². The van der Waals surface area contributed by atoms with Crippen LogP contribution >= 0.6 is 23.2 Å². The largest absolute Gasteiger partial charge is 0.493 e. The molecular formula is C20H23Cl2N3O3. The topological polar surface area (TPSA) is 68.0 Å². The second-order valence-corrected chi connectivity index (χ2v) is 7.52. The SMILES string of the molecule is COc1ccc(CN2CCN(c3cc(Cl)cc(Cl)c3)CC2C(N)=O)cc1OC. The number of hydrogen-bond donors (Lipinski definition) is 1. The summed E-state index contributed by atoms with van der Waals surface area (Å²) in [5.41, 5.74) is 7.61. The predicted octanol–water partition coefficient (Wildman–Crippen LogP) is 3.19. The molecule has 2 aromatic carbocycles. The maximum absolute atomic E-state index is 12.1. The van der Waals surface area contributed by atoms with Crippen LogP contribution in [0.2, 0.25) is 10.0 Å². The molecule has 150 valence electrons. The molecular weight excluding hydrogens is 401 g/mol. The fourth-order valence-electron chi connectivity index (χ4n) is 3.45. The van der Waals surface area contributed by atoms with Gasteiger partial charge >= 0.3 is 0 Å². The first kappa shape index (κ1) is 20.6. The summed E-state index contributed by atoms with van der Waals surface area (Å²) in [5.74, 6) is 0.960. The zero-order valence-electron chi connectivity index (χ0n) is 15.8. The Labute approximate surface area is 174 Å². The molecule has 1 fully saturated rings. The van der Waals surface area contributed by atoms with Crippen LogP contribution in [-0.2, 0) is 11.3 Å². The van der Waals surface area contributed by atoms with Crippen LogP contribution in [0.15, 0.2) is 36.4 Å². The second-order valence-electron chi connectivity index (χ2n) is 6.65.